The molecular weight excluding hydrogens is 192 g/mol. The number of hydrogen-bond donors (Lipinski definition) is 2. The standard InChI is InChI=1S/C11H22N2O2/c1-9(2)13(7-5-11(14)15)8-10-4-3-6-12-10/h9-10,12H,3-8H2,1-2H3,(H,14,15). The first-order valence-corrected chi connectivity index (χ1v) is 5.79. The summed E-state index contributed by atoms with van der Waals surface area (Å²) in [5.41, 5.74) is 0. The highest BCUT2D eigenvalue weighted by molar-refractivity contribution is 5.66. The molecule has 1 rings (SSSR count). The Labute approximate surface area is 91.6 Å². The smallest absolute Gasteiger partial charge is 0.304 e. The topological polar surface area (TPSA) is 52.6 Å². The summed E-state index contributed by atoms with van der Waals surface area (Å²) >= 11 is 0. The summed E-state index contributed by atoms with van der Waals surface area (Å²) in [6.45, 7) is 6.99. The molecule has 0 aromatic rings. The van der Waals surface area contributed by atoms with E-state index in [4.69, 9.17) is 5.11 Å². The molecule has 4 heteroatoms. The lowest BCUT2D eigenvalue weighted by atomic mass is 10.2. The molecule has 1 aliphatic heterocycles. The van der Waals surface area contributed by atoms with Gasteiger partial charge in [0.1, 0.15) is 0 Å². The lowest BCUT2D eigenvalue weighted by Gasteiger charge is -2.28. The van der Waals surface area contributed by atoms with Crippen LogP contribution in [0.1, 0.15) is 33.1 Å². The van der Waals surface area contributed by atoms with Crippen LogP contribution in [-0.4, -0.2) is 47.7 Å². The van der Waals surface area contributed by atoms with Gasteiger partial charge in [0, 0.05) is 25.2 Å². The first-order chi connectivity index (χ1) is 7.09. The normalized spacial score (nSPS) is 21.5. The van der Waals surface area contributed by atoms with Crippen LogP contribution in [0.4, 0.5) is 0 Å². The Balaban J connectivity index is 2.32. The summed E-state index contributed by atoms with van der Waals surface area (Å²) in [6, 6.07) is 0.980. The number of hydrogen-bond acceptors (Lipinski definition) is 3. The van der Waals surface area contributed by atoms with Crippen LogP contribution >= 0.6 is 0 Å². The number of rotatable bonds is 6. The zero-order chi connectivity index (χ0) is 11.3. The maximum Gasteiger partial charge on any atom is 0.304 e. The van der Waals surface area contributed by atoms with Gasteiger partial charge in [-0.1, -0.05) is 0 Å². The fourth-order valence-corrected chi connectivity index (χ4v) is 2.00. The lowest BCUT2D eigenvalue weighted by Crippen LogP contribution is -2.42. The molecule has 0 radical (unpaired) electrons. The van der Waals surface area contributed by atoms with E-state index in [1.54, 1.807) is 0 Å². The highest BCUT2D eigenvalue weighted by atomic mass is 16.4. The third-order valence-electron chi connectivity index (χ3n) is 2.96. The van der Waals surface area contributed by atoms with E-state index < -0.39 is 5.97 Å². The van der Waals surface area contributed by atoms with Crippen molar-refractivity contribution in [3.63, 3.8) is 0 Å². The average Bonchev–Trinajstić information content (AvgIpc) is 2.63. The van der Waals surface area contributed by atoms with Crippen LogP contribution < -0.4 is 5.32 Å². The maximum atomic E-state index is 10.5. The van der Waals surface area contributed by atoms with Crippen molar-refractivity contribution in [3.8, 4) is 0 Å². The molecule has 1 unspecified atom stereocenters. The molecule has 0 spiro atoms. The van der Waals surface area contributed by atoms with Crippen molar-refractivity contribution in [2.45, 2.75) is 45.2 Å². The first kappa shape index (κ1) is 12.5. The molecule has 0 amide bonds. The second kappa shape index (κ2) is 6.08. The zero-order valence-electron chi connectivity index (χ0n) is 9.70. The van der Waals surface area contributed by atoms with Crippen molar-refractivity contribution in [3.05, 3.63) is 0 Å². The summed E-state index contributed by atoms with van der Waals surface area (Å²) in [5.74, 6) is -0.708. The van der Waals surface area contributed by atoms with Gasteiger partial charge in [0.15, 0.2) is 0 Å². The average molecular weight is 214 g/mol. The molecule has 1 aliphatic rings. The second-order valence-corrected chi connectivity index (χ2v) is 4.53. The molecule has 0 aliphatic carbocycles. The summed E-state index contributed by atoms with van der Waals surface area (Å²) in [6.07, 6.45) is 2.71. The Morgan fingerprint density at radius 2 is 2.33 bits per heavy atom. The molecule has 0 aromatic heterocycles. The highest BCUT2D eigenvalue weighted by Crippen LogP contribution is 2.09. The van der Waals surface area contributed by atoms with Crippen molar-refractivity contribution in [1.29, 1.82) is 0 Å². The third-order valence-corrected chi connectivity index (χ3v) is 2.96. The third kappa shape index (κ3) is 4.62. The van der Waals surface area contributed by atoms with Gasteiger partial charge in [0.05, 0.1) is 6.42 Å². The molecule has 1 heterocycles. The molecule has 88 valence electrons. The largest absolute Gasteiger partial charge is 0.481 e. The van der Waals surface area contributed by atoms with Gasteiger partial charge >= 0.3 is 5.97 Å². The number of nitrogens with zero attached hydrogens (tertiary/aromatic N) is 1. The van der Waals surface area contributed by atoms with Crippen LogP contribution in [0.25, 0.3) is 0 Å². The van der Waals surface area contributed by atoms with Gasteiger partial charge in [-0.05, 0) is 33.2 Å². The number of carboxylic acids is 1. The highest BCUT2D eigenvalue weighted by Gasteiger charge is 2.19. The molecule has 2 N–H and O–H groups in total. The Bertz CT molecular complexity index is 201. The zero-order valence-corrected chi connectivity index (χ0v) is 9.70. The monoisotopic (exact) mass is 214 g/mol. The number of carboxylic acid groups (broad SMARTS) is 1. The molecular formula is C11H22N2O2. The van der Waals surface area contributed by atoms with E-state index in [1.165, 1.54) is 12.8 Å². The molecule has 1 fully saturated rings. The van der Waals surface area contributed by atoms with Crippen LogP contribution in [0.2, 0.25) is 0 Å². The van der Waals surface area contributed by atoms with Gasteiger partial charge in [-0.2, -0.15) is 0 Å². The first-order valence-electron chi connectivity index (χ1n) is 5.79. The van der Waals surface area contributed by atoms with E-state index in [-0.39, 0.29) is 6.42 Å². The van der Waals surface area contributed by atoms with Crippen LogP contribution in [-0.2, 0) is 4.79 Å². The SMILES string of the molecule is CC(C)N(CCC(=O)O)CC1CCCN1. The quantitative estimate of drug-likeness (QED) is 0.690. The Kier molecular flexibility index (Phi) is 5.05. The van der Waals surface area contributed by atoms with Crippen molar-refractivity contribution in [1.82, 2.24) is 10.2 Å². The summed E-state index contributed by atoms with van der Waals surface area (Å²) < 4.78 is 0. The number of aliphatic carboxylic acids is 1. The minimum absolute atomic E-state index is 0.241. The van der Waals surface area contributed by atoms with Crippen molar-refractivity contribution in [2.75, 3.05) is 19.6 Å². The molecule has 0 aromatic carbocycles. The summed E-state index contributed by atoms with van der Waals surface area (Å²) in [7, 11) is 0. The number of nitrogens with one attached hydrogen (secondary N) is 1. The van der Waals surface area contributed by atoms with E-state index in [9.17, 15) is 4.79 Å². The Hall–Kier alpha value is -0.610. The predicted molar refractivity (Wildman–Crippen MR) is 60.0 cm³/mol. The molecule has 0 saturated carbocycles. The van der Waals surface area contributed by atoms with Crippen LogP contribution in [0.15, 0.2) is 0 Å². The minimum atomic E-state index is -0.708. The molecule has 15 heavy (non-hydrogen) atoms. The van der Waals surface area contributed by atoms with E-state index in [1.807, 2.05) is 0 Å². The Morgan fingerprint density at radius 1 is 1.60 bits per heavy atom. The van der Waals surface area contributed by atoms with Crippen LogP contribution in [0, 0.1) is 0 Å². The van der Waals surface area contributed by atoms with Gasteiger partial charge in [-0.3, -0.25) is 9.69 Å². The minimum Gasteiger partial charge on any atom is -0.481 e. The van der Waals surface area contributed by atoms with Gasteiger partial charge in [0.25, 0.3) is 0 Å². The Morgan fingerprint density at radius 3 is 2.80 bits per heavy atom. The van der Waals surface area contributed by atoms with Crippen LogP contribution in [0.3, 0.4) is 0 Å². The van der Waals surface area contributed by atoms with Gasteiger partial charge in [0.2, 0.25) is 0 Å². The predicted octanol–water partition coefficient (Wildman–Crippen LogP) is 0.923. The van der Waals surface area contributed by atoms with Crippen molar-refractivity contribution < 1.29 is 9.90 Å². The van der Waals surface area contributed by atoms with Gasteiger partial charge in [-0.25, -0.2) is 0 Å². The van der Waals surface area contributed by atoms with E-state index >= 15 is 0 Å². The fourth-order valence-electron chi connectivity index (χ4n) is 2.00. The maximum absolute atomic E-state index is 10.5. The van der Waals surface area contributed by atoms with Crippen molar-refractivity contribution in [2.24, 2.45) is 0 Å². The van der Waals surface area contributed by atoms with E-state index in [0.29, 0.717) is 18.6 Å². The van der Waals surface area contributed by atoms with Crippen LogP contribution in [0.5, 0.6) is 0 Å². The molecule has 4 nitrogen and oxygen atoms in total. The molecule has 1 atom stereocenters. The van der Waals surface area contributed by atoms with Crippen molar-refractivity contribution >= 4 is 5.97 Å². The fraction of sp³-hybridized carbons (Fsp3) is 0.909. The van der Waals surface area contributed by atoms with E-state index in [2.05, 4.69) is 24.1 Å². The lowest BCUT2D eigenvalue weighted by molar-refractivity contribution is -0.137. The second-order valence-electron chi connectivity index (χ2n) is 4.53. The molecule has 0 bridgehead atoms. The van der Waals surface area contributed by atoms with Gasteiger partial charge in [-0.15, -0.1) is 0 Å². The summed E-state index contributed by atoms with van der Waals surface area (Å²) in [5, 5.41) is 12.1. The van der Waals surface area contributed by atoms with Gasteiger partial charge < -0.3 is 10.4 Å². The van der Waals surface area contributed by atoms with E-state index in [0.717, 1.165) is 13.1 Å². The molecule has 1 saturated heterocycles. The summed E-state index contributed by atoms with van der Waals surface area (Å²) in [4.78, 5) is 12.8. The number of carbonyl (C=O) groups is 1.